The summed E-state index contributed by atoms with van der Waals surface area (Å²) in [6.07, 6.45) is 5.56. The van der Waals surface area contributed by atoms with Crippen molar-refractivity contribution in [1.82, 2.24) is 0 Å². The van der Waals surface area contributed by atoms with Crippen molar-refractivity contribution in [1.29, 1.82) is 0 Å². The molecule has 0 radical (unpaired) electrons. The van der Waals surface area contributed by atoms with Crippen LogP contribution >= 0.6 is 0 Å². The van der Waals surface area contributed by atoms with Crippen LogP contribution in [0.4, 0.5) is 0 Å². The number of phenolic OH excluding ortho intramolecular Hbond substituents is 1. The lowest BCUT2D eigenvalue weighted by atomic mass is 9.86. The van der Waals surface area contributed by atoms with E-state index in [2.05, 4.69) is 4.74 Å². The Bertz CT molecular complexity index is 471. The summed E-state index contributed by atoms with van der Waals surface area (Å²) in [6, 6.07) is 3.13. The van der Waals surface area contributed by atoms with Gasteiger partial charge in [-0.15, -0.1) is 0 Å². The molecule has 3 N–H and O–H groups in total. The number of carbonyl (C=O) groups is 1. The summed E-state index contributed by atoms with van der Waals surface area (Å²) in [7, 11) is 1.35. The molecule has 104 valence electrons. The molecule has 0 unspecified atom stereocenters. The second kappa shape index (κ2) is 6.06. The molecule has 0 fully saturated rings. The highest BCUT2D eigenvalue weighted by atomic mass is 16.5. The molecule has 1 aliphatic rings. The summed E-state index contributed by atoms with van der Waals surface area (Å²) in [5.74, 6) is 0.0309. The Labute approximate surface area is 113 Å². The first kappa shape index (κ1) is 13.9. The third-order valence-corrected chi connectivity index (χ3v) is 3.84. The maximum absolute atomic E-state index is 11.3. The molecule has 1 aromatic rings. The van der Waals surface area contributed by atoms with E-state index in [4.69, 9.17) is 5.73 Å². The number of fused-ring (bicyclic) bond motifs is 1. The van der Waals surface area contributed by atoms with Gasteiger partial charge in [0.2, 0.25) is 0 Å². The lowest BCUT2D eigenvalue weighted by molar-refractivity contribution is -0.142. The molecule has 0 amide bonds. The van der Waals surface area contributed by atoms with Gasteiger partial charge in [-0.05, 0) is 61.3 Å². The van der Waals surface area contributed by atoms with E-state index >= 15 is 0 Å². The number of hydrogen-bond donors (Lipinski definition) is 2. The van der Waals surface area contributed by atoms with Crippen LogP contribution in [0.15, 0.2) is 12.1 Å². The van der Waals surface area contributed by atoms with Gasteiger partial charge in [-0.25, -0.2) is 0 Å². The quantitative estimate of drug-likeness (QED) is 0.811. The van der Waals surface area contributed by atoms with E-state index in [1.807, 2.05) is 6.07 Å². The number of methoxy groups -OCH3 is 1. The number of ether oxygens (including phenoxy) is 1. The van der Waals surface area contributed by atoms with Crippen LogP contribution in [-0.2, 0) is 28.8 Å². The van der Waals surface area contributed by atoms with Gasteiger partial charge < -0.3 is 15.6 Å². The second-order valence-corrected chi connectivity index (χ2v) is 5.08. The van der Waals surface area contributed by atoms with Gasteiger partial charge in [0.25, 0.3) is 0 Å². The molecule has 0 aromatic heterocycles. The average molecular weight is 263 g/mol. The van der Waals surface area contributed by atoms with E-state index in [1.165, 1.54) is 18.2 Å². The van der Waals surface area contributed by atoms with Crippen LogP contribution in [0, 0.1) is 0 Å². The standard InChI is InChI=1S/C15H21NO3/c1-19-15(18)13(16)8-6-10-7-9-14(17)12-5-3-2-4-11(10)12/h7,9,13,17H,2-6,8,16H2,1H3/t13-/m0/s1. The van der Waals surface area contributed by atoms with Gasteiger partial charge in [-0.2, -0.15) is 0 Å². The molecule has 4 heteroatoms. The summed E-state index contributed by atoms with van der Waals surface area (Å²) in [6.45, 7) is 0. The molecule has 4 nitrogen and oxygen atoms in total. The Balaban J connectivity index is 2.11. The number of hydrogen-bond acceptors (Lipinski definition) is 4. The summed E-state index contributed by atoms with van der Waals surface area (Å²) in [5, 5.41) is 9.89. The maximum atomic E-state index is 11.3. The van der Waals surface area contributed by atoms with Crippen molar-refractivity contribution in [3.63, 3.8) is 0 Å². The van der Waals surface area contributed by atoms with E-state index < -0.39 is 6.04 Å². The number of benzene rings is 1. The fraction of sp³-hybridized carbons (Fsp3) is 0.533. The number of carbonyl (C=O) groups excluding carboxylic acids is 1. The van der Waals surface area contributed by atoms with Crippen LogP contribution in [0.5, 0.6) is 5.75 Å². The third kappa shape index (κ3) is 3.07. The highest BCUT2D eigenvalue weighted by molar-refractivity contribution is 5.75. The van der Waals surface area contributed by atoms with Crippen molar-refractivity contribution in [3.05, 3.63) is 28.8 Å². The Morgan fingerprint density at radius 1 is 1.37 bits per heavy atom. The third-order valence-electron chi connectivity index (χ3n) is 3.84. The van der Waals surface area contributed by atoms with Crippen molar-refractivity contribution in [3.8, 4) is 5.75 Å². The van der Waals surface area contributed by atoms with Gasteiger partial charge in [0.1, 0.15) is 11.8 Å². The first-order valence-electron chi connectivity index (χ1n) is 6.79. The van der Waals surface area contributed by atoms with Crippen LogP contribution < -0.4 is 5.73 Å². The maximum Gasteiger partial charge on any atom is 0.322 e. The van der Waals surface area contributed by atoms with Gasteiger partial charge in [0.15, 0.2) is 0 Å². The smallest absolute Gasteiger partial charge is 0.322 e. The minimum Gasteiger partial charge on any atom is -0.508 e. The van der Waals surface area contributed by atoms with Crippen LogP contribution in [0.2, 0.25) is 0 Å². The lowest BCUT2D eigenvalue weighted by Gasteiger charge is -2.21. The van der Waals surface area contributed by atoms with E-state index in [0.717, 1.165) is 37.7 Å². The first-order valence-corrected chi connectivity index (χ1v) is 6.79. The van der Waals surface area contributed by atoms with Gasteiger partial charge in [-0.1, -0.05) is 6.07 Å². The molecular formula is C15H21NO3. The number of aromatic hydroxyl groups is 1. The topological polar surface area (TPSA) is 72.5 Å². The van der Waals surface area contributed by atoms with Gasteiger partial charge in [-0.3, -0.25) is 4.79 Å². The van der Waals surface area contributed by atoms with Crippen molar-refractivity contribution in [2.45, 2.75) is 44.6 Å². The monoisotopic (exact) mass is 263 g/mol. The summed E-state index contributed by atoms with van der Waals surface area (Å²) < 4.78 is 4.63. The minimum atomic E-state index is -0.571. The van der Waals surface area contributed by atoms with Crippen molar-refractivity contribution in [2.24, 2.45) is 5.73 Å². The number of esters is 1. The molecule has 0 saturated carbocycles. The van der Waals surface area contributed by atoms with Crippen LogP contribution in [0.1, 0.15) is 36.0 Å². The largest absolute Gasteiger partial charge is 0.508 e. The molecular weight excluding hydrogens is 242 g/mol. The van der Waals surface area contributed by atoms with Gasteiger partial charge in [0, 0.05) is 0 Å². The van der Waals surface area contributed by atoms with Crippen molar-refractivity contribution < 1.29 is 14.6 Å². The Morgan fingerprint density at radius 2 is 2.05 bits per heavy atom. The molecule has 1 aromatic carbocycles. The van der Waals surface area contributed by atoms with E-state index in [0.29, 0.717) is 12.2 Å². The van der Waals surface area contributed by atoms with E-state index in [-0.39, 0.29) is 5.97 Å². The van der Waals surface area contributed by atoms with Crippen molar-refractivity contribution in [2.75, 3.05) is 7.11 Å². The summed E-state index contributed by atoms with van der Waals surface area (Å²) in [4.78, 5) is 11.3. The molecule has 1 aliphatic carbocycles. The van der Waals surface area contributed by atoms with E-state index in [9.17, 15) is 9.90 Å². The molecule has 19 heavy (non-hydrogen) atoms. The highest BCUT2D eigenvalue weighted by Crippen LogP contribution is 2.32. The van der Waals surface area contributed by atoms with Crippen molar-refractivity contribution >= 4 is 5.97 Å². The average Bonchev–Trinajstić information content (AvgIpc) is 2.45. The number of rotatable bonds is 4. The zero-order valence-electron chi connectivity index (χ0n) is 11.3. The Hall–Kier alpha value is -1.55. The number of phenols is 1. The normalized spacial score (nSPS) is 15.7. The summed E-state index contributed by atoms with van der Waals surface area (Å²) in [5.41, 5.74) is 9.29. The van der Waals surface area contributed by atoms with Gasteiger partial charge >= 0.3 is 5.97 Å². The Kier molecular flexibility index (Phi) is 4.43. The molecule has 0 saturated heterocycles. The lowest BCUT2D eigenvalue weighted by Crippen LogP contribution is -2.32. The predicted molar refractivity (Wildman–Crippen MR) is 73.1 cm³/mol. The zero-order chi connectivity index (χ0) is 13.8. The van der Waals surface area contributed by atoms with Crippen LogP contribution in [-0.4, -0.2) is 24.2 Å². The number of nitrogens with two attached hydrogens (primary N) is 1. The molecule has 0 aliphatic heterocycles. The molecule has 0 bridgehead atoms. The molecule has 2 rings (SSSR count). The molecule has 0 heterocycles. The predicted octanol–water partition coefficient (Wildman–Crippen LogP) is 1.70. The highest BCUT2D eigenvalue weighted by Gasteiger charge is 2.19. The fourth-order valence-corrected chi connectivity index (χ4v) is 2.74. The Morgan fingerprint density at radius 3 is 2.74 bits per heavy atom. The zero-order valence-corrected chi connectivity index (χ0v) is 11.3. The fourth-order valence-electron chi connectivity index (χ4n) is 2.74. The van der Waals surface area contributed by atoms with Crippen LogP contribution in [0.3, 0.4) is 0 Å². The molecule has 0 spiro atoms. The second-order valence-electron chi connectivity index (χ2n) is 5.08. The number of aryl methyl sites for hydroxylation is 1. The molecule has 1 atom stereocenters. The minimum absolute atomic E-state index is 0.368. The SMILES string of the molecule is COC(=O)[C@@H](N)CCc1ccc(O)c2c1CCCC2. The van der Waals surface area contributed by atoms with Gasteiger partial charge in [0.05, 0.1) is 7.11 Å². The summed E-state index contributed by atoms with van der Waals surface area (Å²) >= 11 is 0. The van der Waals surface area contributed by atoms with E-state index in [1.54, 1.807) is 6.07 Å². The van der Waals surface area contributed by atoms with Crippen LogP contribution in [0.25, 0.3) is 0 Å². The first-order chi connectivity index (χ1) is 9.13.